The minimum Gasteiger partial charge on any atom is -0.491 e. The van der Waals surface area contributed by atoms with E-state index < -0.39 is 11.7 Å². The summed E-state index contributed by atoms with van der Waals surface area (Å²) in [5.41, 5.74) is 1.25. The van der Waals surface area contributed by atoms with E-state index in [-0.39, 0.29) is 18.5 Å². The van der Waals surface area contributed by atoms with Gasteiger partial charge < -0.3 is 15.0 Å². The number of carbonyl (C=O) groups excluding carboxylic acids is 2. The minimum absolute atomic E-state index is 0.109. The molecule has 0 saturated heterocycles. The third-order valence-electron chi connectivity index (χ3n) is 4.15. The number of halogens is 1. The van der Waals surface area contributed by atoms with Gasteiger partial charge in [0.25, 0.3) is 5.91 Å². The summed E-state index contributed by atoms with van der Waals surface area (Å²) in [6.45, 7) is 2.62. The number of amides is 2. The molecule has 0 unspecified atom stereocenters. The Labute approximate surface area is 145 Å². The van der Waals surface area contributed by atoms with Gasteiger partial charge in [-0.3, -0.25) is 9.59 Å². The molecule has 1 aliphatic heterocycles. The maximum Gasteiger partial charge on any atom is 0.251 e. The van der Waals surface area contributed by atoms with Crippen LogP contribution in [-0.2, 0) is 11.3 Å². The highest BCUT2D eigenvalue weighted by atomic mass is 19.1. The van der Waals surface area contributed by atoms with Crippen molar-refractivity contribution in [2.45, 2.75) is 19.5 Å². The molecule has 1 aliphatic rings. The van der Waals surface area contributed by atoms with Gasteiger partial charge >= 0.3 is 0 Å². The minimum atomic E-state index is -0.412. The smallest absolute Gasteiger partial charge is 0.251 e. The zero-order valence-corrected chi connectivity index (χ0v) is 13.9. The van der Waals surface area contributed by atoms with Crippen LogP contribution < -0.4 is 10.1 Å². The average Bonchev–Trinajstić information content (AvgIpc) is 2.79. The van der Waals surface area contributed by atoms with E-state index in [0.717, 1.165) is 11.3 Å². The lowest BCUT2D eigenvalue weighted by Gasteiger charge is -2.26. The number of nitrogens with one attached hydrogen (secondary N) is 1. The highest BCUT2D eigenvalue weighted by molar-refractivity contribution is 5.96. The first-order valence-corrected chi connectivity index (χ1v) is 8.08. The molecule has 130 valence electrons. The Morgan fingerprint density at radius 3 is 2.68 bits per heavy atom. The topological polar surface area (TPSA) is 58.6 Å². The quantitative estimate of drug-likeness (QED) is 0.932. The SMILES string of the molecule is C[C@@H]1COc2ccccc2CN1C(=O)CNC(=O)c1ccc(F)cc1. The van der Waals surface area contributed by atoms with Crippen LogP contribution in [0, 0.1) is 5.82 Å². The van der Waals surface area contributed by atoms with E-state index in [1.165, 1.54) is 24.3 Å². The van der Waals surface area contributed by atoms with Crippen molar-refractivity contribution < 1.29 is 18.7 Å². The number of benzene rings is 2. The van der Waals surface area contributed by atoms with Crippen LogP contribution in [0.1, 0.15) is 22.8 Å². The molecule has 0 saturated carbocycles. The molecule has 0 fully saturated rings. The summed E-state index contributed by atoms with van der Waals surface area (Å²) in [5, 5.41) is 2.59. The van der Waals surface area contributed by atoms with Crippen LogP contribution in [0.15, 0.2) is 48.5 Å². The van der Waals surface area contributed by atoms with Crippen molar-refractivity contribution in [2.24, 2.45) is 0 Å². The molecule has 0 aromatic heterocycles. The predicted molar refractivity (Wildman–Crippen MR) is 90.7 cm³/mol. The van der Waals surface area contributed by atoms with Crippen molar-refractivity contribution in [3.05, 3.63) is 65.5 Å². The lowest BCUT2D eigenvalue weighted by atomic mass is 10.1. The van der Waals surface area contributed by atoms with Crippen LogP contribution >= 0.6 is 0 Å². The van der Waals surface area contributed by atoms with E-state index in [0.29, 0.717) is 18.7 Å². The molecule has 3 rings (SSSR count). The molecule has 2 amide bonds. The van der Waals surface area contributed by atoms with Gasteiger partial charge in [0.15, 0.2) is 0 Å². The maximum atomic E-state index is 12.9. The van der Waals surface area contributed by atoms with Gasteiger partial charge in [-0.05, 0) is 37.3 Å². The molecular formula is C19H19FN2O3. The number of fused-ring (bicyclic) bond motifs is 1. The fraction of sp³-hybridized carbons (Fsp3) is 0.263. The molecule has 1 heterocycles. The summed E-state index contributed by atoms with van der Waals surface area (Å²) < 4.78 is 18.6. The fourth-order valence-electron chi connectivity index (χ4n) is 2.71. The second-order valence-electron chi connectivity index (χ2n) is 5.98. The van der Waals surface area contributed by atoms with Gasteiger partial charge in [-0.15, -0.1) is 0 Å². The van der Waals surface area contributed by atoms with Crippen LogP contribution in [0.2, 0.25) is 0 Å². The number of nitrogens with zero attached hydrogens (tertiary/aromatic N) is 1. The molecule has 5 nitrogen and oxygen atoms in total. The van der Waals surface area contributed by atoms with Gasteiger partial charge in [0.2, 0.25) is 5.91 Å². The van der Waals surface area contributed by atoms with Crippen LogP contribution in [0.3, 0.4) is 0 Å². The number of hydrogen-bond acceptors (Lipinski definition) is 3. The average molecular weight is 342 g/mol. The summed E-state index contributed by atoms with van der Waals surface area (Å²) in [7, 11) is 0. The number of ether oxygens (including phenoxy) is 1. The highest BCUT2D eigenvalue weighted by Gasteiger charge is 2.25. The second-order valence-corrected chi connectivity index (χ2v) is 5.98. The first kappa shape index (κ1) is 17.0. The summed E-state index contributed by atoms with van der Waals surface area (Å²) in [4.78, 5) is 26.3. The van der Waals surface area contributed by atoms with E-state index in [1.54, 1.807) is 4.90 Å². The predicted octanol–water partition coefficient (Wildman–Crippen LogP) is 2.37. The standard InChI is InChI=1S/C19H19FN2O3/c1-13-12-25-17-5-3-2-4-15(17)11-22(13)18(23)10-21-19(24)14-6-8-16(20)9-7-14/h2-9,13H,10-12H2,1H3,(H,21,24)/t13-/m1/s1. The summed E-state index contributed by atoms with van der Waals surface area (Å²) >= 11 is 0. The number of hydrogen-bond donors (Lipinski definition) is 1. The lowest BCUT2D eigenvalue weighted by molar-refractivity contribution is -0.133. The van der Waals surface area contributed by atoms with E-state index >= 15 is 0 Å². The maximum absolute atomic E-state index is 12.9. The molecule has 1 N–H and O–H groups in total. The monoisotopic (exact) mass is 342 g/mol. The molecule has 0 radical (unpaired) electrons. The van der Waals surface area contributed by atoms with Crippen LogP contribution in [0.25, 0.3) is 0 Å². The van der Waals surface area contributed by atoms with Gasteiger partial charge in [0, 0.05) is 17.7 Å². The molecule has 2 aromatic rings. The first-order chi connectivity index (χ1) is 12.0. The van der Waals surface area contributed by atoms with Crippen molar-refractivity contribution in [1.82, 2.24) is 10.2 Å². The number of rotatable bonds is 3. The van der Waals surface area contributed by atoms with Gasteiger partial charge in [0.05, 0.1) is 12.6 Å². The molecule has 2 aromatic carbocycles. The Kier molecular flexibility index (Phi) is 4.97. The highest BCUT2D eigenvalue weighted by Crippen LogP contribution is 2.24. The molecular weight excluding hydrogens is 323 g/mol. The van der Waals surface area contributed by atoms with Gasteiger partial charge in [-0.1, -0.05) is 18.2 Å². The second kappa shape index (κ2) is 7.34. The summed E-state index contributed by atoms with van der Waals surface area (Å²) in [5.74, 6) is -0.236. The van der Waals surface area contributed by atoms with Crippen LogP contribution in [0.5, 0.6) is 5.75 Å². The summed E-state index contributed by atoms with van der Waals surface area (Å²) in [6.07, 6.45) is 0. The Bertz CT molecular complexity index is 776. The van der Waals surface area contributed by atoms with Crippen LogP contribution in [-0.4, -0.2) is 35.9 Å². The Balaban J connectivity index is 1.64. The van der Waals surface area contributed by atoms with Gasteiger partial charge in [0.1, 0.15) is 18.2 Å². The fourth-order valence-corrected chi connectivity index (χ4v) is 2.71. The zero-order valence-electron chi connectivity index (χ0n) is 13.9. The molecule has 0 aliphatic carbocycles. The first-order valence-electron chi connectivity index (χ1n) is 8.08. The molecule has 0 spiro atoms. The Morgan fingerprint density at radius 1 is 1.20 bits per heavy atom. The zero-order chi connectivity index (χ0) is 17.8. The molecule has 0 bridgehead atoms. The Hall–Kier alpha value is -2.89. The third kappa shape index (κ3) is 3.96. The van der Waals surface area contributed by atoms with Crippen molar-refractivity contribution >= 4 is 11.8 Å². The van der Waals surface area contributed by atoms with Crippen molar-refractivity contribution in [3.8, 4) is 5.75 Å². The Morgan fingerprint density at radius 2 is 1.92 bits per heavy atom. The van der Waals surface area contributed by atoms with E-state index in [2.05, 4.69) is 5.32 Å². The largest absolute Gasteiger partial charge is 0.491 e. The van der Waals surface area contributed by atoms with Crippen molar-refractivity contribution in [3.63, 3.8) is 0 Å². The van der Waals surface area contributed by atoms with Crippen molar-refractivity contribution in [1.29, 1.82) is 0 Å². The van der Waals surface area contributed by atoms with Gasteiger partial charge in [-0.25, -0.2) is 4.39 Å². The normalized spacial score (nSPS) is 16.4. The molecule has 25 heavy (non-hydrogen) atoms. The van der Waals surface area contributed by atoms with E-state index in [9.17, 15) is 14.0 Å². The summed E-state index contributed by atoms with van der Waals surface area (Å²) in [6, 6.07) is 12.7. The number of para-hydroxylation sites is 1. The van der Waals surface area contributed by atoms with Crippen LogP contribution in [0.4, 0.5) is 4.39 Å². The van der Waals surface area contributed by atoms with E-state index in [4.69, 9.17) is 4.74 Å². The van der Waals surface area contributed by atoms with Gasteiger partial charge in [-0.2, -0.15) is 0 Å². The number of carbonyl (C=O) groups is 2. The third-order valence-corrected chi connectivity index (χ3v) is 4.15. The molecule has 1 atom stereocenters. The lowest BCUT2D eigenvalue weighted by Crippen LogP contribution is -2.45. The van der Waals surface area contributed by atoms with Crippen molar-refractivity contribution in [2.75, 3.05) is 13.2 Å². The molecule has 6 heteroatoms. The van der Waals surface area contributed by atoms with E-state index in [1.807, 2.05) is 31.2 Å².